The molecule has 1 aliphatic carbocycles. The molecule has 1 aromatic carbocycles. The lowest BCUT2D eigenvalue weighted by molar-refractivity contribution is 0.0524. The molecule has 2 N–H and O–H groups in total. The van der Waals surface area contributed by atoms with Gasteiger partial charge >= 0.3 is 0 Å². The van der Waals surface area contributed by atoms with E-state index in [0.29, 0.717) is 18.0 Å². The van der Waals surface area contributed by atoms with E-state index in [4.69, 9.17) is 14.2 Å². The van der Waals surface area contributed by atoms with E-state index < -0.39 is 0 Å². The SMILES string of the molecule is COc1cc2c(cc1CNC1CCCC1C1COCCN1)OC(C)C2. The molecular weight excluding hydrogens is 316 g/mol. The van der Waals surface area contributed by atoms with E-state index in [2.05, 4.69) is 29.7 Å². The highest BCUT2D eigenvalue weighted by Gasteiger charge is 2.34. The summed E-state index contributed by atoms with van der Waals surface area (Å²) in [5, 5.41) is 7.43. The van der Waals surface area contributed by atoms with Gasteiger partial charge in [0.1, 0.15) is 17.6 Å². The fourth-order valence-electron chi connectivity index (χ4n) is 4.64. The van der Waals surface area contributed by atoms with Crippen LogP contribution in [-0.4, -0.2) is 45.1 Å². The lowest BCUT2D eigenvalue weighted by Gasteiger charge is -2.33. The van der Waals surface area contributed by atoms with Crippen LogP contribution >= 0.6 is 0 Å². The molecule has 4 unspecified atom stereocenters. The van der Waals surface area contributed by atoms with Crippen LogP contribution in [0.25, 0.3) is 0 Å². The summed E-state index contributed by atoms with van der Waals surface area (Å²) in [7, 11) is 1.76. The number of benzene rings is 1. The summed E-state index contributed by atoms with van der Waals surface area (Å²) < 4.78 is 17.2. The Balaban J connectivity index is 1.43. The Morgan fingerprint density at radius 3 is 3.04 bits per heavy atom. The Kier molecular flexibility index (Phi) is 5.15. The van der Waals surface area contributed by atoms with Crippen LogP contribution < -0.4 is 20.1 Å². The molecule has 0 bridgehead atoms. The minimum atomic E-state index is 0.263. The third-order valence-electron chi connectivity index (χ3n) is 5.89. The predicted molar refractivity (Wildman–Crippen MR) is 97.4 cm³/mol. The minimum absolute atomic E-state index is 0.263. The van der Waals surface area contributed by atoms with Gasteiger partial charge in [-0.25, -0.2) is 0 Å². The second-order valence-electron chi connectivity index (χ2n) is 7.62. The lowest BCUT2D eigenvalue weighted by Crippen LogP contribution is -2.50. The lowest BCUT2D eigenvalue weighted by atomic mass is 9.93. The van der Waals surface area contributed by atoms with Gasteiger partial charge in [0.15, 0.2) is 0 Å². The average molecular weight is 346 g/mol. The second kappa shape index (κ2) is 7.52. The Labute approximate surface area is 150 Å². The average Bonchev–Trinajstić information content (AvgIpc) is 3.24. The van der Waals surface area contributed by atoms with Crippen molar-refractivity contribution in [2.45, 2.75) is 57.3 Å². The normalized spacial score (nSPS) is 31.6. The number of methoxy groups -OCH3 is 1. The minimum Gasteiger partial charge on any atom is -0.496 e. The Hall–Kier alpha value is -1.30. The predicted octanol–water partition coefficient (Wildman–Crippen LogP) is 2.27. The number of hydrogen-bond donors (Lipinski definition) is 2. The van der Waals surface area contributed by atoms with Crippen molar-refractivity contribution in [1.82, 2.24) is 10.6 Å². The maximum absolute atomic E-state index is 5.93. The fourth-order valence-corrected chi connectivity index (χ4v) is 4.64. The van der Waals surface area contributed by atoms with Gasteiger partial charge in [-0.05, 0) is 37.8 Å². The Morgan fingerprint density at radius 1 is 1.32 bits per heavy atom. The molecule has 138 valence electrons. The molecule has 5 heteroatoms. The molecule has 5 nitrogen and oxygen atoms in total. The monoisotopic (exact) mass is 346 g/mol. The van der Waals surface area contributed by atoms with E-state index >= 15 is 0 Å². The third-order valence-corrected chi connectivity index (χ3v) is 5.89. The van der Waals surface area contributed by atoms with Crippen LogP contribution in [0.15, 0.2) is 12.1 Å². The third kappa shape index (κ3) is 3.64. The van der Waals surface area contributed by atoms with Crippen LogP contribution in [0.5, 0.6) is 11.5 Å². The van der Waals surface area contributed by atoms with Crippen molar-refractivity contribution in [1.29, 1.82) is 0 Å². The molecule has 2 heterocycles. The second-order valence-corrected chi connectivity index (χ2v) is 7.62. The van der Waals surface area contributed by atoms with Crippen molar-refractivity contribution >= 4 is 0 Å². The van der Waals surface area contributed by atoms with E-state index in [1.807, 2.05) is 0 Å². The molecule has 25 heavy (non-hydrogen) atoms. The zero-order chi connectivity index (χ0) is 17.2. The van der Waals surface area contributed by atoms with Crippen LogP contribution in [0.3, 0.4) is 0 Å². The van der Waals surface area contributed by atoms with Gasteiger partial charge in [-0.2, -0.15) is 0 Å². The van der Waals surface area contributed by atoms with Crippen molar-refractivity contribution in [2.24, 2.45) is 5.92 Å². The molecular formula is C20H30N2O3. The van der Waals surface area contributed by atoms with Crippen LogP contribution in [0.2, 0.25) is 0 Å². The molecule has 1 saturated carbocycles. The zero-order valence-electron chi connectivity index (χ0n) is 15.3. The molecule has 3 aliphatic rings. The maximum atomic E-state index is 5.93. The zero-order valence-corrected chi connectivity index (χ0v) is 15.3. The first-order chi connectivity index (χ1) is 12.2. The number of morpholine rings is 1. The largest absolute Gasteiger partial charge is 0.496 e. The van der Waals surface area contributed by atoms with Crippen molar-refractivity contribution in [3.05, 3.63) is 23.3 Å². The molecule has 2 fully saturated rings. The summed E-state index contributed by atoms with van der Waals surface area (Å²) in [4.78, 5) is 0. The molecule has 4 atom stereocenters. The van der Waals surface area contributed by atoms with Gasteiger partial charge in [0.05, 0.1) is 20.3 Å². The first kappa shape index (κ1) is 17.1. The topological polar surface area (TPSA) is 51.8 Å². The highest BCUT2D eigenvalue weighted by atomic mass is 16.5. The number of ether oxygens (including phenoxy) is 3. The molecule has 0 radical (unpaired) electrons. The van der Waals surface area contributed by atoms with Crippen molar-refractivity contribution in [3.8, 4) is 11.5 Å². The van der Waals surface area contributed by atoms with Gasteiger partial charge in [0, 0.05) is 42.7 Å². The molecule has 1 aromatic rings. The summed E-state index contributed by atoms with van der Waals surface area (Å²) in [5.74, 6) is 2.64. The van der Waals surface area contributed by atoms with Gasteiger partial charge in [-0.15, -0.1) is 0 Å². The molecule has 1 saturated heterocycles. The van der Waals surface area contributed by atoms with Crippen molar-refractivity contribution in [2.75, 3.05) is 26.9 Å². The smallest absolute Gasteiger partial charge is 0.123 e. The number of hydrogen-bond acceptors (Lipinski definition) is 5. The van der Waals surface area contributed by atoms with Gasteiger partial charge in [-0.3, -0.25) is 0 Å². The summed E-state index contributed by atoms with van der Waals surface area (Å²) in [6, 6.07) is 5.34. The van der Waals surface area contributed by atoms with E-state index in [1.165, 1.54) is 30.4 Å². The number of nitrogens with one attached hydrogen (secondary N) is 2. The number of rotatable bonds is 5. The van der Waals surface area contributed by atoms with E-state index in [9.17, 15) is 0 Å². The molecule has 0 amide bonds. The van der Waals surface area contributed by atoms with E-state index in [0.717, 1.165) is 44.2 Å². The fraction of sp³-hybridized carbons (Fsp3) is 0.700. The van der Waals surface area contributed by atoms with Gasteiger partial charge in [0.2, 0.25) is 0 Å². The molecule has 0 spiro atoms. The molecule has 4 rings (SSSR count). The van der Waals surface area contributed by atoms with Gasteiger partial charge in [0.25, 0.3) is 0 Å². The van der Waals surface area contributed by atoms with Crippen LogP contribution in [0.4, 0.5) is 0 Å². The highest BCUT2D eigenvalue weighted by Crippen LogP contribution is 2.36. The van der Waals surface area contributed by atoms with Gasteiger partial charge < -0.3 is 24.8 Å². The van der Waals surface area contributed by atoms with Crippen molar-refractivity contribution in [3.63, 3.8) is 0 Å². The first-order valence-electron chi connectivity index (χ1n) is 9.65. The van der Waals surface area contributed by atoms with Crippen molar-refractivity contribution < 1.29 is 14.2 Å². The van der Waals surface area contributed by atoms with E-state index in [1.54, 1.807) is 7.11 Å². The van der Waals surface area contributed by atoms with E-state index in [-0.39, 0.29) is 6.10 Å². The van der Waals surface area contributed by atoms with Crippen LogP contribution in [0, 0.1) is 5.92 Å². The summed E-state index contributed by atoms with van der Waals surface area (Å²) in [5.41, 5.74) is 2.45. The summed E-state index contributed by atoms with van der Waals surface area (Å²) in [6.45, 7) is 5.60. The Bertz CT molecular complexity index is 601. The van der Waals surface area contributed by atoms with Crippen LogP contribution in [0.1, 0.15) is 37.3 Å². The number of fused-ring (bicyclic) bond motifs is 1. The molecule has 0 aromatic heterocycles. The Morgan fingerprint density at radius 2 is 2.24 bits per heavy atom. The van der Waals surface area contributed by atoms with Gasteiger partial charge in [-0.1, -0.05) is 6.42 Å². The maximum Gasteiger partial charge on any atom is 0.123 e. The highest BCUT2D eigenvalue weighted by molar-refractivity contribution is 5.48. The first-order valence-corrected chi connectivity index (χ1v) is 9.65. The standard InChI is InChI=1S/C20H30N2O3/c1-13-8-14-9-19(23-2)15(10-20(14)25-13)11-22-17-5-3-4-16(17)18-12-24-7-6-21-18/h9-10,13,16-18,21-22H,3-8,11-12H2,1-2H3. The molecule has 2 aliphatic heterocycles. The summed E-state index contributed by atoms with van der Waals surface area (Å²) >= 11 is 0. The van der Waals surface area contributed by atoms with Crippen LogP contribution in [-0.2, 0) is 17.7 Å². The summed E-state index contributed by atoms with van der Waals surface area (Å²) in [6.07, 6.45) is 5.05. The quantitative estimate of drug-likeness (QED) is 0.857.